The van der Waals surface area contributed by atoms with Crippen molar-refractivity contribution >= 4 is 12.0 Å². The largest absolute Gasteiger partial charge is 0.478 e. The molecule has 0 aliphatic rings. The van der Waals surface area contributed by atoms with Crippen LogP contribution in [0.2, 0.25) is 0 Å². The van der Waals surface area contributed by atoms with Gasteiger partial charge in [-0.2, -0.15) is 0 Å². The predicted octanol–water partition coefficient (Wildman–Crippen LogP) is 0.965. The van der Waals surface area contributed by atoms with Crippen LogP contribution in [0.4, 0.5) is 0 Å². The zero-order valence-corrected chi connectivity index (χ0v) is 6.56. The molecule has 0 aliphatic heterocycles. The Bertz CT molecular complexity index is 306. The topological polar surface area (TPSA) is 63.1 Å². The molecule has 12 heavy (non-hydrogen) atoms. The Morgan fingerprint density at radius 3 is 2.58 bits per heavy atom. The van der Waals surface area contributed by atoms with Gasteiger partial charge < -0.3 is 5.11 Å². The molecule has 1 aromatic rings. The second-order valence-electron chi connectivity index (χ2n) is 2.24. The van der Waals surface area contributed by atoms with E-state index in [-0.39, 0.29) is 5.57 Å². The maximum Gasteiger partial charge on any atom is 0.331 e. The molecular weight excluding hydrogens is 156 g/mol. The number of aliphatic carboxylic acids is 1. The molecule has 1 N–H and O–H groups in total. The Morgan fingerprint density at radius 1 is 1.50 bits per heavy atom. The molecule has 0 fully saturated rings. The van der Waals surface area contributed by atoms with Crippen molar-refractivity contribution in [2.45, 2.75) is 6.92 Å². The van der Waals surface area contributed by atoms with Gasteiger partial charge in [0.05, 0.1) is 0 Å². The SMILES string of the molecule is CC(=Cc1ncccn1)C(=O)O. The van der Waals surface area contributed by atoms with Crippen LogP contribution < -0.4 is 0 Å². The van der Waals surface area contributed by atoms with Gasteiger partial charge in [0, 0.05) is 18.0 Å². The predicted molar refractivity (Wildman–Crippen MR) is 43.3 cm³/mol. The Labute approximate surface area is 69.6 Å². The summed E-state index contributed by atoms with van der Waals surface area (Å²) in [6.45, 7) is 1.50. The summed E-state index contributed by atoms with van der Waals surface area (Å²) >= 11 is 0. The van der Waals surface area contributed by atoms with Gasteiger partial charge in [-0.05, 0) is 19.1 Å². The van der Waals surface area contributed by atoms with E-state index >= 15 is 0 Å². The number of nitrogens with zero attached hydrogens (tertiary/aromatic N) is 2. The van der Waals surface area contributed by atoms with Crippen LogP contribution in [0.25, 0.3) is 6.08 Å². The number of hydrogen-bond donors (Lipinski definition) is 1. The summed E-state index contributed by atoms with van der Waals surface area (Å²) in [5.74, 6) is -0.542. The van der Waals surface area contributed by atoms with Crippen molar-refractivity contribution in [1.82, 2.24) is 9.97 Å². The van der Waals surface area contributed by atoms with Crippen LogP contribution in [-0.4, -0.2) is 21.0 Å². The van der Waals surface area contributed by atoms with Gasteiger partial charge in [-0.15, -0.1) is 0 Å². The summed E-state index contributed by atoms with van der Waals surface area (Å²) in [5.41, 5.74) is 0.223. The number of rotatable bonds is 2. The third-order valence-corrected chi connectivity index (χ3v) is 1.27. The van der Waals surface area contributed by atoms with Gasteiger partial charge in [-0.3, -0.25) is 0 Å². The Hall–Kier alpha value is -1.71. The molecule has 4 nitrogen and oxygen atoms in total. The van der Waals surface area contributed by atoms with Crippen LogP contribution >= 0.6 is 0 Å². The van der Waals surface area contributed by atoms with Crippen molar-refractivity contribution in [3.8, 4) is 0 Å². The van der Waals surface area contributed by atoms with Crippen LogP contribution in [0.3, 0.4) is 0 Å². The second-order valence-corrected chi connectivity index (χ2v) is 2.24. The fourth-order valence-corrected chi connectivity index (χ4v) is 0.641. The molecule has 0 aromatic carbocycles. The first kappa shape index (κ1) is 8.39. The van der Waals surface area contributed by atoms with Crippen molar-refractivity contribution in [3.63, 3.8) is 0 Å². The van der Waals surface area contributed by atoms with Crippen molar-refractivity contribution in [1.29, 1.82) is 0 Å². The number of carboxylic acids is 1. The number of carboxylic acid groups (broad SMARTS) is 1. The van der Waals surface area contributed by atoms with Crippen LogP contribution in [0.1, 0.15) is 12.7 Å². The molecule has 0 saturated heterocycles. The van der Waals surface area contributed by atoms with Gasteiger partial charge >= 0.3 is 5.97 Å². The lowest BCUT2D eigenvalue weighted by Crippen LogP contribution is -1.96. The van der Waals surface area contributed by atoms with Crippen molar-refractivity contribution in [3.05, 3.63) is 29.9 Å². The number of hydrogen-bond acceptors (Lipinski definition) is 3. The fourth-order valence-electron chi connectivity index (χ4n) is 0.641. The van der Waals surface area contributed by atoms with Crippen molar-refractivity contribution < 1.29 is 9.90 Å². The summed E-state index contributed by atoms with van der Waals surface area (Å²) in [7, 11) is 0. The maximum absolute atomic E-state index is 10.4. The van der Waals surface area contributed by atoms with E-state index in [1.807, 2.05) is 0 Å². The summed E-state index contributed by atoms with van der Waals surface area (Å²) < 4.78 is 0. The highest BCUT2D eigenvalue weighted by atomic mass is 16.4. The summed E-state index contributed by atoms with van der Waals surface area (Å²) in [4.78, 5) is 18.1. The molecule has 0 bridgehead atoms. The Kier molecular flexibility index (Phi) is 2.53. The minimum Gasteiger partial charge on any atom is -0.478 e. The lowest BCUT2D eigenvalue weighted by atomic mass is 10.3. The highest BCUT2D eigenvalue weighted by Crippen LogP contribution is 1.99. The summed E-state index contributed by atoms with van der Waals surface area (Å²) in [6.07, 6.45) is 4.55. The van der Waals surface area contributed by atoms with Gasteiger partial charge in [0.2, 0.25) is 0 Å². The first-order valence-corrected chi connectivity index (χ1v) is 3.39. The first-order chi connectivity index (χ1) is 5.70. The van der Waals surface area contributed by atoms with Crippen molar-refractivity contribution in [2.75, 3.05) is 0 Å². The highest BCUT2D eigenvalue weighted by Gasteiger charge is 1.99. The molecule has 0 atom stereocenters. The Balaban J connectivity index is 2.89. The van der Waals surface area contributed by atoms with E-state index in [0.717, 1.165) is 0 Å². The fraction of sp³-hybridized carbons (Fsp3) is 0.125. The molecule has 62 valence electrons. The van der Waals surface area contributed by atoms with E-state index in [9.17, 15) is 4.79 Å². The molecule has 0 aliphatic carbocycles. The lowest BCUT2D eigenvalue weighted by Gasteiger charge is -1.92. The van der Waals surface area contributed by atoms with Crippen molar-refractivity contribution in [2.24, 2.45) is 0 Å². The average Bonchev–Trinajstić information content (AvgIpc) is 2.06. The summed E-state index contributed by atoms with van der Waals surface area (Å²) in [5, 5.41) is 8.52. The van der Waals surface area contributed by atoms with Crippen LogP contribution in [0.15, 0.2) is 24.0 Å². The zero-order valence-electron chi connectivity index (χ0n) is 6.56. The first-order valence-electron chi connectivity index (χ1n) is 3.39. The molecule has 0 amide bonds. The third kappa shape index (κ3) is 2.16. The van der Waals surface area contributed by atoms with E-state index in [4.69, 9.17) is 5.11 Å². The monoisotopic (exact) mass is 164 g/mol. The molecule has 0 radical (unpaired) electrons. The van der Waals surface area contributed by atoms with E-state index in [0.29, 0.717) is 5.82 Å². The van der Waals surface area contributed by atoms with Gasteiger partial charge in [-0.25, -0.2) is 14.8 Å². The van der Waals surface area contributed by atoms with E-state index < -0.39 is 5.97 Å². The van der Waals surface area contributed by atoms with E-state index in [1.165, 1.54) is 13.0 Å². The zero-order chi connectivity index (χ0) is 8.97. The van der Waals surface area contributed by atoms with Gasteiger partial charge in [0.25, 0.3) is 0 Å². The minimum atomic E-state index is -0.956. The lowest BCUT2D eigenvalue weighted by molar-refractivity contribution is -0.132. The molecule has 1 aromatic heterocycles. The Morgan fingerprint density at radius 2 is 2.08 bits per heavy atom. The van der Waals surface area contributed by atoms with E-state index in [1.54, 1.807) is 18.5 Å². The molecule has 1 heterocycles. The molecule has 0 unspecified atom stereocenters. The molecule has 0 spiro atoms. The third-order valence-electron chi connectivity index (χ3n) is 1.27. The maximum atomic E-state index is 10.4. The molecular formula is C8H8N2O2. The minimum absolute atomic E-state index is 0.223. The van der Waals surface area contributed by atoms with Crippen LogP contribution in [0, 0.1) is 0 Å². The smallest absolute Gasteiger partial charge is 0.331 e. The number of carbonyl (C=O) groups is 1. The van der Waals surface area contributed by atoms with Crippen LogP contribution in [-0.2, 0) is 4.79 Å². The average molecular weight is 164 g/mol. The molecule has 0 saturated carbocycles. The molecule has 4 heteroatoms. The van der Waals surface area contributed by atoms with Crippen LogP contribution in [0.5, 0.6) is 0 Å². The normalized spacial score (nSPS) is 11.2. The van der Waals surface area contributed by atoms with E-state index in [2.05, 4.69) is 9.97 Å². The van der Waals surface area contributed by atoms with Gasteiger partial charge in [-0.1, -0.05) is 0 Å². The quantitative estimate of drug-likeness (QED) is 0.661. The van der Waals surface area contributed by atoms with Gasteiger partial charge in [0.15, 0.2) is 5.82 Å². The molecule has 1 rings (SSSR count). The number of aromatic nitrogens is 2. The second kappa shape index (κ2) is 3.61. The highest BCUT2D eigenvalue weighted by molar-refractivity contribution is 5.90. The van der Waals surface area contributed by atoms with Gasteiger partial charge in [0.1, 0.15) is 0 Å². The standard InChI is InChI=1S/C8H8N2O2/c1-6(8(11)12)5-7-9-3-2-4-10-7/h2-5H,1H3,(H,11,12). The summed E-state index contributed by atoms with van der Waals surface area (Å²) in [6, 6.07) is 1.67.